The van der Waals surface area contributed by atoms with Crippen LogP contribution in [0.25, 0.3) is 0 Å². The predicted octanol–water partition coefficient (Wildman–Crippen LogP) is 2.95. The number of anilines is 1. The first-order chi connectivity index (χ1) is 8.87. The summed E-state index contributed by atoms with van der Waals surface area (Å²) in [5.74, 6) is 0. The zero-order valence-electron chi connectivity index (χ0n) is 11.9. The second kappa shape index (κ2) is 5.81. The van der Waals surface area contributed by atoms with Crippen LogP contribution in [0, 0.1) is 0 Å². The molecule has 1 aliphatic heterocycles. The first-order valence-corrected chi connectivity index (χ1v) is 7.59. The molecule has 1 heterocycles. The summed E-state index contributed by atoms with van der Waals surface area (Å²) in [4.78, 5) is 2.41. The van der Waals surface area contributed by atoms with E-state index in [4.69, 9.17) is 10.5 Å². The van der Waals surface area contributed by atoms with Gasteiger partial charge in [0, 0.05) is 29.3 Å². The molecule has 0 aliphatic carbocycles. The average Bonchev–Trinajstić information content (AvgIpc) is 2.26. The van der Waals surface area contributed by atoms with Gasteiger partial charge in [0.25, 0.3) is 0 Å². The Bertz CT molecular complexity index is 446. The molecule has 2 rings (SSSR count). The van der Waals surface area contributed by atoms with Gasteiger partial charge in [0.05, 0.1) is 12.2 Å². The molecule has 1 atom stereocenters. The van der Waals surface area contributed by atoms with Gasteiger partial charge in [-0.2, -0.15) is 0 Å². The van der Waals surface area contributed by atoms with Crippen LogP contribution in [0.4, 0.5) is 5.69 Å². The number of nitrogens with two attached hydrogens (primary N) is 1. The van der Waals surface area contributed by atoms with Crippen molar-refractivity contribution in [2.75, 3.05) is 24.6 Å². The summed E-state index contributed by atoms with van der Waals surface area (Å²) in [6.07, 6.45) is 0.895. The Morgan fingerprint density at radius 2 is 2.21 bits per heavy atom. The van der Waals surface area contributed by atoms with Crippen molar-refractivity contribution in [3.63, 3.8) is 0 Å². The van der Waals surface area contributed by atoms with Crippen molar-refractivity contribution in [3.8, 4) is 0 Å². The first kappa shape index (κ1) is 14.8. The van der Waals surface area contributed by atoms with Crippen molar-refractivity contribution >= 4 is 21.6 Å². The standard InChI is InChI=1S/C15H23BrN2O/c1-11(17)8-12-9-13(16)4-5-14(12)18-6-7-19-15(2,3)10-18/h4-5,9,11H,6-8,10,17H2,1-3H3. The predicted molar refractivity (Wildman–Crippen MR) is 83.7 cm³/mol. The van der Waals surface area contributed by atoms with Gasteiger partial charge in [-0.05, 0) is 51.0 Å². The van der Waals surface area contributed by atoms with Crippen molar-refractivity contribution in [2.24, 2.45) is 5.73 Å². The number of hydrogen-bond acceptors (Lipinski definition) is 3. The van der Waals surface area contributed by atoms with Gasteiger partial charge in [0.2, 0.25) is 0 Å². The van der Waals surface area contributed by atoms with E-state index in [-0.39, 0.29) is 11.6 Å². The minimum Gasteiger partial charge on any atom is -0.372 e. The molecule has 1 fully saturated rings. The van der Waals surface area contributed by atoms with E-state index in [9.17, 15) is 0 Å². The average molecular weight is 327 g/mol. The van der Waals surface area contributed by atoms with E-state index in [0.29, 0.717) is 0 Å². The van der Waals surface area contributed by atoms with Crippen molar-refractivity contribution in [1.82, 2.24) is 0 Å². The first-order valence-electron chi connectivity index (χ1n) is 6.80. The molecule has 4 heteroatoms. The summed E-state index contributed by atoms with van der Waals surface area (Å²) in [5, 5.41) is 0. The molecule has 0 amide bonds. The summed E-state index contributed by atoms with van der Waals surface area (Å²) in [5.41, 5.74) is 8.48. The monoisotopic (exact) mass is 326 g/mol. The van der Waals surface area contributed by atoms with Crippen molar-refractivity contribution < 1.29 is 4.74 Å². The lowest BCUT2D eigenvalue weighted by Crippen LogP contribution is -2.48. The summed E-state index contributed by atoms with van der Waals surface area (Å²) < 4.78 is 6.90. The van der Waals surface area contributed by atoms with E-state index in [2.05, 4.69) is 52.9 Å². The summed E-state index contributed by atoms with van der Waals surface area (Å²) >= 11 is 3.55. The van der Waals surface area contributed by atoms with Gasteiger partial charge in [-0.25, -0.2) is 0 Å². The third kappa shape index (κ3) is 3.94. The fraction of sp³-hybridized carbons (Fsp3) is 0.600. The molecule has 0 aromatic heterocycles. The molecule has 19 heavy (non-hydrogen) atoms. The number of rotatable bonds is 3. The van der Waals surface area contributed by atoms with Crippen LogP contribution in [0.5, 0.6) is 0 Å². The number of morpholine rings is 1. The molecule has 0 radical (unpaired) electrons. The highest BCUT2D eigenvalue weighted by Crippen LogP contribution is 2.29. The second-order valence-electron chi connectivity index (χ2n) is 5.98. The van der Waals surface area contributed by atoms with Crippen LogP contribution in [0.1, 0.15) is 26.3 Å². The minimum atomic E-state index is -0.0864. The highest BCUT2D eigenvalue weighted by molar-refractivity contribution is 9.10. The van der Waals surface area contributed by atoms with Gasteiger partial charge < -0.3 is 15.4 Å². The molecule has 0 bridgehead atoms. The van der Waals surface area contributed by atoms with Crippen LogP contribution in [-0.4, -0.2) is 31.3 Å². The SMILES string of the molecule is CC(N)Cc1cc(Br)ccc1N1CCOC(C)(C)C1. The molecule has 0 spiro atoms. The fourth-order valence-corrected chi connectivity index (χ4v) is 3.00. The Morgan fingerprint density at radius 1 is 1.47 bits per heavy atom. The molecule has 1 unspecified atom stereocenters. The molecule has 1 aliphatic rings. The van der Waals surface area contributed by atoms with Gasteiger partial charge in [-0.1, -0.05) is 15.9 Å². The third-order valence-corrected chi connectivity index (χ3v) is 3.84. The number of benzene rings is 1. The Kier molecular flexibility index (Phi) is 4.54. The van der Waals surface area contributed by atoms with E-state index >= 15 is 0 Å². The smallest absolute Gasteiger partial charge is 0.0801 e. The second-order valence-corrected chi connectivity index (χ2v) is 6.90. The zero-order chi connectivity index (χ0) is 14.0. The lowest BCUT2D eigenvalue weighted by molar-refractivity contribution is -0.0277. The third-order valence-electron chi connectivity index (χ3n) is 3.35. The number of halogens is 1. The maximum Gasteiger partial charge on any atom is 0.0801 e. The van der Waals surface area contributed by atoms with Crippen LogP contribution < -0.4 is 10.6 Å². The maximum atomic E-state index is 5.97. The van der Waals surface area contributed by atoms with E-state index in [1.165, 1.54) is 11.3 Å². The van der Waals surface area contributed by atoms with Gasteiger partial charge >= 0.3 is 0 Å². The minimum absolute atomic E-state index is 0.0864. The molecule has 1 saturated heterocycles. The number of nitrogens with zero attached hydrogens (tertiary/aromatic N) is 1. The van der Waals surface area contributed by atoms with E-state index in [1.54, 1.807) is 0 Å². The van der Waals surface area contributed by atoms with Crippen LogP contribution in [0.2, 0.25) is 0 Å². The highest BCUT2D eigenvalue weighted by atomic mass is 79.9. The van der Waals surface area contributed by atoms with Crippen LogP contribution >= 0.6 is 15.9 Å². The molecule has 1 aromatic carbocycles. The largest absolute Gasteiger partial charge is 0.372 e. The van der Waals surface area contributed by atoms with E-state index in [1.807, 2.05) is 6.92 Å². The highest BCUT2D eigenvalue weighted by Gasteiger charge is 2.28. The molecule has 2 N–H and O–H groups in total. The van der Waals surface area contributed by atoms with Crippen LogP contribution in [0.15, 0.2) is 22.7 Å². The lowest BCUT2D eigenvalue weighted by Gasteiger charge is -2.40. The van der Waals surface area contributed by atoms with Crippen LogP contribution in [0.3, 0.4) is 0 Å². The molecular weight excluding hydrogens is 304 g/mol. The normalized spacial score (nSPS) is 20.4. The topological polar surface area (TPSA) is 38.5 Å². The van der Waals surface area contributed by atoms with Gasteiger partial charge in [-0.3, -0.25) is 0 Å². The van der Waals surface area contributed by atoms with Crippen molar-refractivity contribution in [2.45, 2.75) is 38.8 Å². The maximum absolute atomic E-state index is 5.97. The molecule has 0 saturated carbocycles. The molecule has 106 valence electrons. The summed E-state index contributed by atoms with van der Waals surface area (Å²) in [6, 6.07) is 6.63. The number of hydrogen-bond donors (Lipinski definition) is 1. The quantitative estimate of drug-likeness (QED) is 0.928. The molecule has 3 nitrogen and oxygen atoms in total. The summed E-state index contributed by atoms with van der Waals surface area (Å²) in [7, 11) is 0. The van der Waals surface area contributed by atoms with Crippen molar-refractivity contribution in [3.05, 3.63) is 28.2 Å². The zero-order valence-corrected chi connectivity index (χ0v) is 13.5. The lowest BCUT2D eigenvalue weighted by atomic mass is 10.0. The van der Waals surface area contributed by atoms with Crippen molar-refractivity contribution in [1.29, 1.82) is 0 Å². The fourth-order valence-electron chi connectivity index (χ4n) is 2.60. The molecule has 1 aromatic rings. The Labute approximate surface area is 124 Å². The van der Waals surface area contributed by atoms with Gasteiger partial charge in [0.15, 0.2) is 0 Å². The Balaban J connectivity index is 2.27. The molecular formula is C15H23BrN2O. The Hall–Kier alpha value is -0.580. The summed E-state index contributed by atoms with van der Waals surface area (Å²) in [6.45, 7) is 8.97. The van der Waals surface area contributed by atoms with E-state index in [0.717, 1.165) is 30.6 Å². The Morgan fingerprint density at radius 3 is 2.84 bits per heavy atom. The van der Waals surface area contributed by atoms with Crippen LogP contribution in [-0.2, 0) is 11.2 Å². The van der Waals surface area contributed by atoms with Gasteiger partial charge in [0.1, 0.15) is 0 Å². The number of ether oxygens (including phenoxy) is 1. The van der Waals surface area contributed by atoms with E-state index < -0.39 is 0 Å². The van der Waals surface area contributed by atoms with Gasteiger partial charge in [-0.15, -0.1) is 0 Å².